The first-order chi connectivity index (χ1) is 6.68. The van der Waals surface area contributed by atoms with E-state index in [9.17, 15) is 9.18 Å². The molecule has 0 atom stereocenters. The van der Waals surface area contributed by atoms with Crippen molar-refractivity contribution in [3.8, 4) is 11.4 Å². The molecule has 0 aliphatic heterocycles. The molecule has 2 heterocycles. The van der Waals surface area contributed by atoms with Crippen molar-refractivity contribution in [3.63, 3.8) is 0 Å². The van der Waals surface area contributed by atoms with Crippen LogP contribution in [0.1, 0.15) is 0 Å². The largest absolute Gasteiger partial charge is 0.345 e. The van der Waals surface area contributed by atoms with Gasteiger partial charge in [-0.3, -0.25) is 0 Å². The number of H-pyrrole nitrogens is 1. The van der Waals surface area contributed by atoms with Crippen LogP contribution in [0.25, 0.3) is 11.4 Å². The Balaban J connectivity index is 2.68. The highest BCUT2D eigenvalue weighted by molar-refractivity contribution is 5.52. The van der Waals surface area contributed by atoms with Crippen LogP contribution in [0.2, 0.25) is 0 Å². The first kappa shape index (κ1) is 8.54. The SMILES string of the molecule is Cn1nncc1-c1[nH]c(=O)ncc1F. The first-order valence-corrected chi connectivity index (χ1v) is 3.78. The molecule has 0 saturated heterocycles. The molecule has 0 spiro atoms. The molecule has 2 rings (SSSR count). The van der Waals surface area contributed by atoms with Gasteiger partial charge < -0.3 is 4.98 Å². The van der Waals surface area contributed by atoms with E-state index in [4.69, 9.17) is 0 Å². The Labute approximate surface area is 77.4 Å². The summed E-state index contributed by atoms with van der Waals surface area (Å²) < 4.78 is 14.6. The van der Waals surface area contributed by atoms with Crippen molar-refractivity contribution in [2.24, 2.45) is 7.05 Å². The highest BCUT2D eigenvalue weighted by Crippen LogP contribution is 2.15. The fourth-order valence-electron chi connectivity index (χ4n) is 1.08. The lowest BCUT2D eigenvalue weighted by Crippen LogP contribution is -2.12. The molecule has 6 nitrogen and oxygen atoms in total. The molecule has 2 aromatic rings. The summed E-state index contributed by atoms with van der Waals surface area (Å²) in [7, 11) is 1.60. The summed E-state index contributed by atoms with van der Waals surface area (Å²) in [5.41, 5.74) is -0.179. The minimum atomic E-state index is -0.616. The lowest BCUT2D eigenvalue weighted by molar-refractivity contribution is 0.611. The normalized spacial score (nSPS) is 10.4. The number of aromatic nitrogens is 5. The van der Waals surface area contributed by atoms with Crippen LogP contribution < -0.4 is 5.69 Å². The van der Waals surface area contributed by atoms with E-state index in [1.807, 2.05) is 0 Å². The van der Waals surface area contributed by atoms with Gasteiger partial charge in [-0.05, 0) is 0 Å². The van der Waals surface area contributed by atoms with Crippen LogP contribution in [0.4, 0.5) is 4.39 Å². The number of rotatable bonds is 1. The summed E-state index contributed by atoms with van der Waals surface area (Å²) in [4.78, 5) is 16.4. The summed E-state index contributed by atoms with van der Waals surface area (Å²) in [6.07, 6.45) is 2.22. The quantitative estimate of drug-likeness (QED) is 0.678. The molecule has 0 aliphatic rings. The van der Waals surface area contributed by atoms with Crippen molar-refractivity contribution in [3.05, 3.63) is 28.7 Å². The zero-order chi connectivity index (χ0) is 10.1. The minimum absolute atomic E-state index is 0.0394. The van der Waals surface area contributed by atoms with Crippen molar-refractivity contribution in [2.45, 2.75) is 0 Å². The number of hydrogen-bond acceptors (Lipinski definition) is 4. The third-order valence-electron chi connectivity index (χ3n) is 1.74. The van der Waals surface area contributed by atoms with E-state index in [-0.39, 0.29) is 5.69 Å². The molecule has 0 unspecified atom stereocenters. The molecule has 0 aromatic carbocycles. The van der Waals surface area contributed by atoms with Gasteiger partial charge in [0.25, 0.3) is 0 Å². The Bertz CT molecular complexity index is 517. The smallest absolute Gasteiger partial charge is 0.301 e. The second-order valence-electron chi connectivity index (χ2n) is 2.65. The van der Waals surface area contributed by atoms with Gasteiger partial charge in [0.1, 0.15) is 11.4 Å². The van der Waals surface area contributed by atoms with Gasteiger partial charge in [-0.15, -0.1) is 5.10 Å². The summed E-state index contributed by atoms with van der Waals surface area (Å²) in [6.45, 7) is 0. The number of aromatic amines is 1. The van der Waals surface area contributed by atoms with Gasteiger partial charge in [0.2, 0.25) is 0 Å². The van der Waals surface area contributed by atoms with Crippen molar-refractivity contribution in [2.75, 3.05) is 0 Å². The number of hydrogen-bond donors (Lipinski definition) is 1. The maximum Gasteiger partial charge on any atom is 0.345 e. The van der Waals surface area contributed by atoms with E-state index in [0.717, 1.165) is 6.20 Å². The van der Waals surface area contributed by atoms with E-state index in [0.29, 0.717) is 5.69 Å². The second-order valence-corrected chi connectivity index (χ2v) is 2.65. The third-order valence-corrected chi connectivity index (χ3v) is 1.74. The molecule has 0 aliphatic carbocycles. The summed E-state index contributed by atoms with van der Waals surface area (Å²) in [5.74, 6) is -0.616. The van der Waals surface area contributed by atoms with E-state index in [1.165, 1.54) is 10.9 Å². The number of nitrogens with zero attached hydrogens (tertiary/aromatic N) is 4. The predicted molar refractivity (Wildman–Crippen MR) is 44.8 cm³/mol. The lowest BCUT2D eigenvalue weighted by Gasteiger charge is -2.00. The van der Waals surface area contributed by atoms with Gasteiger partial charge in [0.05, 0.1) is 12.4 Å². The summed E-state index contributed by atoms with van der Waals surface area (Å²) >= 11 is 0. The molecule has 0 fully saturated rings. The van der Waals surface area contributed by atoms with E-state index >= 15 is 0 Å². The number of halogens is 1. The van der Waals surface area contributed by atoms with Crippen LogP contribution in [0.5, 0.6) is 0 Å². The fourth-order valence-corrected chi connectivity index (χ4v) is 1.08. The average Bonchev–Trinajstić information content (AvgIpc) is 2.56. The first-order valence-electron chi connectivity index (χ1n) is 3.78. The molecule has 0 radical (unpaired) electrons. The monoisotopic (exact) mass is 195 g/mol. The van der Waals surface area contributed by atoms with Gasteiger partial charge in [0, 0.05) is 7.05 Å². The maximum atomic E-state index is 13.2. The van der Waals surface area contributed by atoms with Gasteiger partial charge in [-0.25, -0.2) is 13.9 Å². The van der Waals surface area contributed by atoms with Crippen molar-refractivity contribution in [1.82, 2.24) is 25.0 Å². The molecule has 0 bridgehead atoms. The molecule has 14 heavy (non-hydrogen) atoms. The van der Waals surface area contributed by atoms with Crippen LogP contribution in [0, 0.1) is 5.82 Å². The Hall–Kier alpha value is -2.05. The van der Waals surface area contributed by atoms with Crippen LogP contribution in [0.3, 0.4) is 0 Å². The van der Waals surface area contributed by atoms with Crippen LogP contribution >= 0.6 is 0 Å². The Morgan fingerprint density at radius 1 is 1.50 bits per heavy atom. The van der Waals surface area contributed by atoms with Crippen molar-refractivity contribution >= 4 is 0 Å². The zero-order valence-electron chi connectivity index (χ0n) is 7.23. The van der Waals surface area contributed by atoms with Crippen LogP contribution in [-0.4, -0.2) is 25.0 Å². The van der Waals surface area contributed by atoms with Crippen LogP contribution in [0.15, 0.2) is 17.2 Å². The molecular weight excluding hydrogens is 189 g/mol. The van der Waals surface area contributed by atoms with Gasteiger partial charge in [-0.1, -0.05) is 5.21 Å². The van der Waals surface area contributed by atoms with Crippen LogP contribution in [-0.2, 0) is 7.05 Å². The molecule has 1 N–H and O–H groups in total. The van der Waals surface area contributed by atoms with Crippen molar-refractivity contribution < 1.29 is 4.39 Å². The minimum Gasteiger partial charge on any atom is -0.301 e. The molecule has 7 heteroatoms. The molecule has 0 saturated carbocycles. The van der Waals surface area contributed by atoms with Crippen molar-refractivity contribution in [1.29, 1.82) is 0 Å². The van der Waals surface area contributed by atoms with E-state index < -0.39 is 11.5 Å². The topological polar surface area (TPSA) is 76.5 Å². The van der Waals surface area contributed by atoms with Gasteiger partial charge in [0.15, 0.2) is 5.82 Å². The van der Waals surface area contributed by atoms with E-state index in [1.54, 1.807) is 7.05 Å². The Morgan fingerprint density at radius 3 is 2.93 bits per heavy atom. The zero-order valence-corrected chi connectivity index (χ0v) is 7.23. The Morgan fingerprint density at radius 2 is 2.29 bits per heavy atom. The molecule has 2 aromatic heterocycles. The molecular formula is C7H6FN5O. The summed E-state index contributed by atoms with van der Waals surface area (Å²) in [6, 6.07) is 0. The summed E-state index contributed by atoms with van der Waals surface area (Å²) in [5, 5.41) is 7.19. The number of aryl methyl sites for hydroxylation is 1. The standard InChI is InChI=1S/C7H6FN5O/c1-13-5(3-10-12-13)6-4(8)2-9-7(14)11-6/h2-3H,1H3,(H,9,11,14). The average molecular weight is 195 g/mol. The molecule has 0 amide bonds. The number of nitrogens with one attached hydrogen (secondary N) is 1. The Kier molecular flexibility index (Phi) is 1.84. The fraction of sp³-hybridized carbons (Fsp3) is 0.143. The predicted octanol–water partition coefficient (Wildman–Crippen LogP) is -0.296. The molecule has 72 valence electrons. The van der Waals surface area contributed by atoms with Gasteiger partial charge >= 0.3 is 5.69 Å². The maximum absolute atomic E-state index is 13.2. The third kappa shape index (κ3) is 1.28. The highest BCUT2D eigenvalue weighted by Gasteiger charge is 2.10. The second kappa shape index (κ2) is 3.02. The van der Waals surface area contributed by atoms with E-state index in [2.05, 4.69) is 20.3 Å². The lowest BCUT2D eigenvalue weighted by atomic mass is 10.3. The van der Waals surface area contributed by atoms with Gasteiger partial charge in [-0.2, -0.15) is 4.98 Å². The highest BCUT2D eigenvalue weighted by atomic mass is 19.1.